The molecule has 7 heteroatoms. The van der Waals surface area contributed by atoms with Gasteiger partial charge in [0.15, 0.2) is 5.82 Å². The van der Waals surface area contributed by atoms with Crippen molar-refractivity contribution in [2.75, 3.05) is 0 Å². The molecule has 2 heterocycles. The van der Waals surface area contributed by atoms with Crippen LogP contribution in [0, 0.1) is 5.82 Å². The topological polar surface area (TPSA) is 25.8 Å². The summed E-state index contributed by atoms with van der Waals surface area (Å²) in [6, 6.07) is 7.88. The van der Waals surface area contributed by atoms with Crippen molar-refractivity contribution in [2.24, 2.45) is 0 Å². The number of aromatic nitrogens is 2. The molecular formula is C14H6BrCl2FN2S. The second-order valence-corrected chi connectivity index (χ2v) is 6.60. The van der Waals surface area contributed by atoms with E-state index in [1.165, 1.54) is 23.5 Å². The lowest BCUT2D eigenvalue weighted by atomic mass is 10.1. The van der Waals surface area contributed by atoms with Gasteiger partial charge >= 0.3 is 0 Å². The lowest BCUT2D eigenvalue weighted by Gasteiger charge is -2.08. The Morgan fingerprint density at radius 1 is 1.10 bits per heavy atom. The molecule has 0 saturated heterocycles. The number of thiophene rings is 1. The van der Waals surface area contributed by atoms with Crippen LogP contribution in [0.15, 0.2) is 40.2 Å². The van der Waals surface area contributed by atoms with Gasteiger partial charge in [-0.05, 0) is 45.1 Å². The quantitative estimate of drug-likeness (QED) is 0.484. The SMILES string of the molecule is Fc1cccc(-c2c(Cl)nc(-c3sccc3Br)nc2Cl)c1. The molecule has 3 aromatic rings. The van der Waals surface area contributed by atoms with E-state index in [0.717, 1.165) is 9.35 Å². The molecule has 0 aliphatic carbocycles. The monoisotopic (exact) mass is 402 g/mol. The first kappa shape index (κ1) is 14.9. The molecular weight excluding hydrogens is 398 g/mol. The number of halogens is 4. The molecule has 0 atom stereocenters. The normalized spacial score (nSPS) is 10.9. The molecule has 0 bridgehead atoms. The van der Waals surface area contributed by atoms with Gasteiger partial charge in [0.2, 0.25) is 0 Å². The van der Waals surface area contributed by atoms with Crippen molar-refractivity contribution in [2.45, 2.75) is 0 Å². The van der Waals surface area contributed by atoms with E-state index < -0.39 is 0 Å². The molecule has 3 rings (SSSR count). The van der Waals surface area contributed by atoms with Gasteiger partial charge in [-0.1, -0.05) is 35.3 Å². The van der Waals surface area contributed by atoms with Gasteiger partial charge in [-0.2, -0.15) is 0 Å². The van der Waals surface area contributed by atoms with E-state index in [0.29, 0.717) is 17.0 Å². The predicted molar refractivity (Wildman–Crippen MR) is 88.5 cm³/mol. The standard InChI is InChI=1S/C14H6BrCl2FN2S/c15-9-4-5-21-11(9)14-19-12(16)10(13(17)20-14)7-2-1-3-8(18)6-7/h1-6H. The van der Waals surface area contributed by atoms with Crippen molar-refractivity contribution >= 4 is 50.5 Å². The maximum Gasteiger partial charge on any atom is 0.173 e. The highest BCUT2D eigenvalue weighted by molar-refractivity contribution is 9.10. The lowest BCUT2D eigenvalue weighted by Crippen LogP contribution is -1.94. The molecule has 0 N–H and O–H groups in total. The van der Waals surface area contributed by atoms with Gasteiger partial charge in [-0.3, -0.25) is 0 Å². The molecule has 0 spiro atoms. The Kier molecular flexibility index (Phi) is 4.26. The van der Waals surface area contributed by atoms with Crippen LogP contribution in [0.2, 0.25) is 10.3 Å². The summed E-state index contributed by atoms with van der Waals surface area (Å²) in [5.41, 5.74) is 0.969. The van der Waals surface area contributed by atoms with Crippen LogP contribution in [0.25, 0.3) is 21.8 Å². The summed E-state index contributed by atoms with van der Waals surface area (Å²) in [5.74, 6) is 0.0664. The zero-order valence-electron chi connectivity index (χ0n) is 10.3. The third-order valence-electron chi connectivity index (χ3n) is 2.75. The number of hydrogen-bond donors (Lipinski definition) is 0. The summed E-state index contributed by atoms with van der Waals surface area (Å²) in [4.78, 5) is 9.38. The molecule has 0 unspecified atom stereocenters. The molecule has 0 saturated carbocycles. The highest BCUT2D eigenvalue weighted by Crippen LogP contribution is 2.37. The minimum Gasteiger partial charge on any atom is -0.215 e. The Hall–Kier alpha value is -1.01. The highest BCUT2D eigenvalue weighted by atomic mass is 79.9. The summed E-state index contributed by atoms with van der Waals surface area (Å²) in [6.07, 6.45) is 0. The number of benzene rings is 1. The van der Waals surface area contributed by atoms with E-state index in [4.69, 9.17) is 23.2 Å². The Morgan fingerprint density at radius 3 is 2.38 bits per heavy atom. The summed E-state index contributed by atoms with van der Waals surface area (Å²) in [7, 11) is 0. The summed E-state index contributed by atoms with van der Waals surface area (Å²) < 4.78 is 14.2. The van der Waals surface area contributed by atoms with E-state index in [9.17, 15) is 4.39 Å². The fraction of sp³-hybridized carbons (Fsp3) is 0. The third-order valence-corrected chi connectivity index (χ3v) is 5.13. The van der Waals surface area contributed by atoms with Gasteiger partial charge < -0.3 is 0 Å². The van der Waals surface area contributed by atoms with E-state index in [-0.39, 0.29) is 16.1 Å². The maximum absolute atomic E-state index is 13.3. The molecule has 0 amide bonds. The van der Waals surface area contributed by atoms with Gasteiger partial charge in [-0.15, -0.1) is 11.3 Å². The Balaban J connectivity index is 2.15. The molecule has 106 valence electrons. The number of rotatable bonds is 2. The van der Waals surface area contributed by atoms with Crippen LogP contribution < -0.4 is 0 Å². The van der Waals surface area contributed by atoms with Crippen LogP contribution in [-0.4, -0.2) is 9.97 Å². The largest absolute Gasteiger partial charge is 0.215 e. The van der Waals surface area contributed by atoms with Crippen LogP contribution >= 0.6 is 50.5 Å². The zero-order chi connectivity index (χ0) is 15.0. The number of nitrogens with zero attached hydrogens (tertiary/aromatic N) is 2. The molecule has 0 radical (unpaired) electrons. The average Bonchev–Trinajstić information content (AvgIpc) is 2.84. The average molecular weight is 404 g/mol. The zero-order valence-corrected chi connectivity index (χ0v) is 14.2. The van der Waals surface area contributed by atoms with Crippen molar-refractivity contribution < 1.29 is 4.39 Å². The maximum atomic E-state index is 13.3. The molecule has 0 fully saturated rings. The van der Waals surface area contributed by atoms with E-state index in [1.54, 1.807) is 12.1 Å². The van der Waals surface area contributed by atoms with Crippen LogP contribution in [0.1, 0.15) is 0 Å². The molecule has 1 aromatic carbocycles. The summed E-state index contributed by atoms with van der Waals surface area (Å²) >= 11 is 17.3. The van der Waals surface area contributed by atoms with Crippen molar-refractivity contribution in [3.05, 3.63) is 56.3 Å². The van der Waals surface area contributed by atoms with Crippen LogP contribution in [0.4, 0.5) is 4.39 Å². The van der Waals surface area contributed by atoms with Gasteiger partial charge in [0.25, 0.3) is 0 Å². The smallest absolute Gasteiger partial charge is 0.173 e. The van der Waals surface area contributed by atoms with E-state index in [2.05, 4.69) is 25.9 Å². The first-order valence-electron chi connectivity index (χ1n) is 5.78. The molecule has 0 aliphatic heterocycles. The summed E-state index contributed by atoms with van der Waals surface area (Å²) in [6.45, 7) is 0. The lowest BCUT2D eigenvalue weighted by molar-refractivity contribution is 0.628. The fourth-order valence-corrected chi connectivity index (χ4v) is 3.93. The van der Waals surface area contributed by atoms with Crippen LogP contribution in [-0.2, 0) is 0 Å². The van der Waals surface area contributed by atoms with E-state index >= 15 is 0 Å². The first-order chi connectivity index (χ1) is 10.1. The number of hydrogen-bond acceptors (Lipinski definition) is 3. The first-order valence-corrected chi connectivity index (χ1v) is 8.21. The molecule has 2 aromatic heterocycles. The second kappa shape index (κ2) is 6.01. The fourth-order valence-electron chi connectivity index (χ4n) is 1.84. The van der Waals surface area contributed by atoms with Gasteiger partial charge in [0, 0.05) is 4.47 Å². The minimum atomic E-state index is -0.371. The van der Waals surface area contributed by atoms with Gasteiger partial charge in [-0.25, -0.2) is 14.4 Å². The Labute approximate surface area is 142 Å². The predicted octanol–water partition coefficient (Wildman–Crippen LogP) is 6.08. The molecule has 0 aliphatic rings. The molecule has 21 heavy (non-hydrogen) atoms. The van der Waals surface area contributed by atoms with Gasteiger partial charge in [0.1, 0.15) is 16.1 Å². The third kappa shape index (κ3) is 2.97. The van der Waals surface area contributed by atoms with Gasteiger partial charge in [0.05, 0.1) is 10.4 Å². The molecule has 2 nitrogen and oxygen atoms in total. The second-order valence-electron chi connectivity index (χ2n) is 4.11. The van der Waals surface area contributed by atoms with Crippen LogP contribution in [0.3, 0.4) is 0 Å². The van der Waals surface area contributed by atoms with Crippen molar-refractivity contribution in [3.8, 4) is 21.8 Å². The van der Waals surface area contributed by atoms with Crippen LogP contribution in [0.5, 0.6) is 0 Å². The highest BCUT2D eigenvalue weighted by Gasteiger charge is 2.17. The summed E-state index contributed by atoms with van der Waals surface area (Å²) in [5, 5.41) is 2.29. The van der Waals surface area contributed by atoms with Crippen molar-refractivity contribution in [1.82, 2.24) is 9.97 Å². The minimum absolute atomic E-state index is 0.191. The van der Waals surface area contributed by atoms with Crippen molar-refractivity contribution in [3.63, 3.8) is 0 Å². The Morgan fingerprint density at radius 2 is 1.81 bits per heavy atom. The Bertz CT molecular complexity index is 799. The van der Waals surface area contributed by atoms with E-state index in [1.807, 2.05) is 11.4 Å². The van der Waals surface area contributed by atoms with Crippen molar-refractivity contribution in [1.29, 1.82) is 0 Å².